The molecule has 1 fully saturated rings. The SMILES string of the molecule is COC(CC(C)(C)CCN1C(=O)CCC1O)OC. The minimum absolute atomic E-state index is 0.000718. The maximum Gasteiger partial charge on any atom is 0.224 e. The van der Waals surface area contributed by atoms with Gasteiger partial charge in [-0.25, -0.2) is 0 Å². The van der Waals surface area contributed by atoms with Crippen molar-refractivity contribution in [2.45, 2.75) is 52.0 Å². The molecular weight excluding hydrogens is 234 g/mol. The lowest BCUT2D eigenvalue weighted by Gasteiger charge is -2.31. The largest absolute Gasteiger partial charge is 0.374 e. The van der Waals surface area contributed by atoms with Gasteiger partial charge in [0.2, 0.25) is 5.91 Å². The predicted octanol–water partition coefficient (Wildman–Crippen LogP) is 1.35. The summed E-state index contributed by atoms with van der Waals surface area (Å²) in [6.07, 6.45) is 1.77. The van der Waals surface area contributed by atoms with E-state index in [2.05, 4.69) is 13.8 Å². The monoisotopic (exact) mass is 259 g/mol. The van der Waals surface area contributed by atoms with E-state index in [1.165, 1.54) is 0 Å². The Morgan fingerprint density at radius 2 is 2.06 bits per heavy atom. The summed E-state index contributed by atoms with van der Waals surface area (Å²) in [5, 5.41) is 9.69. The van der Waals surface area contributed by atoms with E-state index >= 15 is 0 Å². The number of methoxy groups -OCH3 is 2. The maximum atomic E-state index is 11.6. The number of hydrogen-bond donors (Lipinski definition) is 1. The van der Waals surface area contributed by atoms with E-state index in [0.29, 0.717) is 19.4 Å². The van der Waals surface area contributed by atoms with Gasteiger partial charge in [0.15, 0.2) is 6.29 Å². The van der Waals surface area contributed by atoms with Crippen LogP contribution in [0.1, 0.15) is 39.5 Å². The van der Waals surface area contributed by atoms with Crippen LogP contribution in [0.2, 0.25) is 0 Å². The Labute approximate surface area is 109 Å². The number of amides is 1. The van der Waals surface area contributed by atoms with Crippen LogP contribution in [0.3, 0.4) is 0 Å². The molecular formula is C13H25NO4. The molecule has 5 heteroatoms. The Morgan fingerprint density at radius 3 is 2.50 bits per heavy atom. The third-order valence-corrected chi connectivity index (χ3v) is 3.57. The molecule has 0 aromatic rings. The van der Waals surface area contributed by atoms with E-state index < -0.39 is 6.23 Å². The highest BCUT2D eigenvalue weighted by Crippen LogP contribution is 2.29. The van der Waals surface area contributed by atoms with Gasteiger partial charge in [0.05, 0.1) is 0 Å². The van der Waals surface area contributed by atoms with Gasteiger partial charge in [-0.1, -0.05) is 13.8 Å². The predicted molar refractivity (Wildman–Crippen MR) is 67.8 cm³/mol. The van der Waals surface area contributed by atoms with Crippen LogP contribution < -0.4 is 0 Å². The Kier molecular flexibility index (Phi) is 5.56. The number of rotatable bonds is 7. The first-order chi connectivity index (χ1) is 8.39. The molecule has 0 saturated carbocycles. The molecule has 1 N–H and O–H groups in total. The Hall–Kier alpha value is -0.650. The van der Waals surface area contributed by atoms with E-state index in [9.17, 15) is 9.90 Å². The Bertz CT molecular complexity index is 276. The highest BCUT2D eigenvalue weighted by molar-refractivity contribution is 5.78. The Balaban J connectivity index is 2.43. The van der Waals surface area contributed by atoms with Gasteiger partial charge in [-0.15, -0.1) is 0 Å². The van der Waals surface area contributed by atoms with Crippen molar-refractivity contribution >= 4 is 5.91 Å². The summed E-state index contributed by atoms with van der Waals surface area (Å²) in [4.78, 5) is 13.1. The highest BCUT2D eigenvalue weighted by Gasteiger charge is 2.31. The maximum absolute atomic E-state index is 11.6. The van der Waals surface area contributed by atoms with Crippen LogP contribution >= 0.6 is 0 Å². The molecule has 18 heavy (non-hydrogen) atoms. The summed E-state index contributed by atoms with van der Waals surface area (Å²) in [6, 6.07) is 0. The average Bonchev–Trinajstić information content (AvgIpc) is 2.64. The van der Waals surface area contributed by atoms with Crippen molar-refractivity contribution in [1.29, 1.82) is 0 Å². The minimum atomic E-state index is -0.603. The van der Waals surface area contributed by atoms with Crippen LogP contribution in [0.5, 0.6) is 0 Å². The fourth-order valence-electron chi connectivity index (χ4n) is 2.23. The molecule has 0 spiro atoms. The fraction of sp³-hybridized carbons (Fsp3) is 0.923. The summed E-state index contributed by atoms with van der Waals surface area (Å²) in [7, 11) is 3.25. The van der Waals surface area contributed by atoms with E-state index in [1.54, 1.807) is 19.1 Å². The molecule has 0 aromatic heterocycles. The van der Waals surface area contributed by atoms with Crippen molar-refractivity contribution in [2.75, 3.05) is 20.8 Å². The molecule has 1 saturated heterocycles. The quantitative estimate of drug-likeness (QED) is 0.701. The number of aliphatic hydroxyl groups is 1. The number of hydrogen-bond acceptors (Lipinski definition) is 4. The molecule has 1 amide bonds. The number of likely N-dealkylation sites (tertiary alicyclic amines) is 1. The second-order valence-corrected chi connectivity index (χ2v) is 5.63. The zero-order chi connectivity index (χ0) is 13.8. The van der Waals surface area contributed by atoms with E-state index in [4.69, 9.17) is 9.47 Å². The lowest BCUT2D eigenvalue weighted by atomic mass is 9.85. The molecule has 5 nitrogen and oxygen atoms in total. The van der Waals surface area contributed by atoms with E-state index in [1.807, 2.05) is 0 Å². The molecule has 0 radical (unpaired) electrons. The molecule has 0 aromatic carbocycles. The standard InChI is InChI=1S/C13H25NO4/c1-13(2,9-12(17-3)18-4)7-8-14-10(15)5-6-11(14)16/h10,12,15H,5-9H2,1-4H3. The van der Waals surface area contributed by atoms with Crippen molar-refractivity contribution in [3.05, 3.63) is 0 Å². The van der Waals surface area contributed by atoms with Crippen molar-refractivity contribution in [1.82, 2.24) is 4.90 Å². The molecule has 1 atom stereocenters. The van der Waals surface area contributed by atoms with Gasteiger partial charge in [0.1, 0.15) is 6.23 Å². The van der Waals surface area contributed by atoms with E-state index in [-0.39, 0.29) is 17.6 Å². The molecule has 1 rings (SSSR count). The first-order valence-electron chi connectivity index (χ1n) is 6.43. The van der Waals surface area contributed by atoms with Crippen LogP contribution in [-0.2, 0) is 14.3 Å². The summed E-state index contributed by atoms with van der Waals surface area (Å²) >= 11 is 0. The van der Waals surface area contributed by atoms with Gasteiger partial charge in [-0.05, 0) is 11.8 Å². The van der Waals surface area contributed by atoms with Crippen LogP contribution in [0.25, 0.3) is 0 Å². The topological polar surface area (TPSA) is 59.0 Å². The van der Waals surface area contributed by atoms with Crippen LogP contribution in [0.15, 0.2) is 0 Å². The van der Waals surface area contributed by atoms with Crippen LogP contribution in [0.4, 0.5) is 0 Å². The number of ether oxygens (including phenoxy) is 2. The molecule has 1 heterocycles. The third-order valence-electron chi connectivity index (χ3n) is 3.57. The van der Waals surface area contributed by atoms with Crippen molar-refractivity contribution in [3.63, 3.8) is 0 Å². The van der Waals surface area contributed by atoms with Gasteiger partial charge in [-0.3, -0.25) is 4.79 Å². The summed E-state index contributed by atoms with van der Waals surface area (Å²) in [5.41, 5.74) is -0.000718. The summed E-state index contributed by atoms with van der Waals surface area (Å²) < 4.78 is 10.4. The number of aliphatic hydroxyl groups excluding tert-OH is 1. The zero-order valence-electron chi connectivity index (χ0n) is 11.8. The smallest absolute Gasteiger partial charge is 0.224 e. The normalized spacial score (nSPS) is 21.1. The van der Waals surface area contributed by atoms with Crippen molar-refractivity contribution in [3.8, 4) is 0 Å². The van der Waals surface area contributed by atoms with Crippen LogP contribution in [0, 0.1) is 5.41 Å². The van der Waals surface area contributed by atoms with Gasteiger partial charge < -0.3 is 19.5 Å². The summed E-state index contributed by atoms with van der Waals surface area (Å²) in [6.45, 7) is 4.82. The number of nitrogens with zero attached hydrogens (tertiary/aromatic N) is 1. The van der Waals surface area contributed by atoms with Gasteiger partial charge in [0.25, 0.3) is 0 Å². The van der Waals surface area contributed by atoms with E-state index in [0.717, 1.165) is 12.8 Å². The molecule has 0 aliphatic carbocycles. The van der Waals surface area contributed by atoms with Gasteiger partial charge in [0, 0.05) is 40.0 Å². The number of carbonyl (C=O) groups excluding carboxylic acids is 1. The molecule has 0 bridgehead atoms. The lowest BCUT2D eigenvalue weighted by molar-refractivity contribution is -0.135. The molecule has 106 valence electrons. The number of carbonyl (C=O) groups is 1. The molecule has 1 aliphatic rings. The third kappa shape index (κ3) is 4.23. The second kappa shape index (κ2) is 6.50. The van der Waals surface area contributed by atoms with Crippen molar-refractivity contribution in [2.24, 2.45) is 5.41 Å². The minimum Gasteiger partial charge on any atom is -0.374 e. The van der Waals surface area contributed by atoms with Crippen molar-refractivity contribution < 1.29 is 19.4 Å². The lowest BCUT2D eigenvalue weighted by Crippen LogP contribution is -2.36. The van der Waals surface area contributed by atoms with Gasteiger partial charge in [-0.2, -0.15) is 0 Å². The van der Waals surface area contributed by atoms with Gasteiger partial charge >= 0.3 is 0 Å². The zero-order valence-corrected chi connectivity index (χ0v) is 11.8. The van der Waals surface area contributed by atoms with Crippen LogP contribution in [-0.4, -0.2) is 49.2 Å². The fourth-order valence-corrected chi connectivity index (χ4v) is 2.23. The highest BCUT2D eigenvalue weighted by atomic mass is 16.7. The molecule has 1 aliphatic heterocycles. The average molecular weight is 259 g/mol. The first-order valence-corrected chi connectivity index (χ1v) is 6.43. The summed E-state index contributed by atoms with van der Waals surface area (Å²) in [5.74, 6) is 0.0494. The molecule has 1 unspecified atom stereocenters. The first kappa shape index (κ1) is 15.4. The second-order valence-electron chi connectivity index (χ2n) is 5.63. The Morgan fingerprint density at radius 1 is 1.44 bits per heavy atom.